The Morgan fingerprint density at radius 3 is 2.11 bits per heavy atom. The third-order valence-electron chi connectivity index (χ3n) is 4.16. The zero-order valence-corrected chi connectivity index (χ0v) is 17.3. The molecule has 2 aromatic rings. The molecular weight excluding hydrogens is 402 g/mol. The van der Waals surface area contributed by atoms with Crippen molar-refractivity contribution in [2.75, 3.05) is 13.1 Å². The van der Waals surface area contributed by atoms with Gasteiger partial charge >= 0.3 is 0 Å². The van der Waals surface area contributed by atoms with E-state index in [1.807, 2.05) is 13.8 Å². The van der Waals surface area contributed by atoms with Crippen LogP contribution in [0.5, 0.6) is 0 Å². The lowest BCUT2D eigenvalue weighted by Gasteiger charge is -2.18. The molecule has 2 rings (SSSR count). The van der Waals surface area contributed by atoms with Crippen LogP contribution in [0.15, 0.2) is 58.3 Å². The van der Waals surface area contributed by atoms with Crippen molar-refractivity contribution in [3.05, 3.63) is 59.7 Å². The molecule has 0 radical (unpaired) electrons. The monoisotopic (exact) mass is 425 g/mol. The number of rotatable bonds is 8. The zero-order chi connectivity index (χ0) is 20.9. The van der Waals surface area contributed by atoms with Crippen LogP contribution in [-0.4, -0.2) is 40.7 Å². The molecule has 10 heteroatoms. The summed E-state index contributed by atoms with van der Waals surface area (Å²) in [5, 5.41) is 5.08. The summed E-state index contributed by atoms with van der Waals surface area (Å²) in [6.07, 6.45) is 0. The van der Waals surface area contributed by atoms with E-state index in [2.05, 4.69) is 4.72 Å². The quantitative estimate of drug-likeness (QED) is 0.659. The molecule has 0 heterocycles. The maximum atomic E-state index is 12.5. The first-order chi connectivity index (χ1) is 13.1. The van der Waals surface area contributed by atoms with Gasteiger partial charge in [-0.3, -0.25) is 4.79 Å². The molecule has 1 amide bonds. The van der Waals surface area contributed by atoms with Gasteiger partial charge in [-0.05, 0) is 55.8 Å². The Labute approximate surface area is 165 Å². The largest absolute Gasteiger partial charge is 0.339 e. The van der Waals surface area contributed by atoms with Crippen LogP contribution in [-0.2, 0) is 26.6 Å². The van der Waals surface area contributed by atoms with E-state index >= 15 is 0 Å². The second-order valence-electron chi connectivity index (χ2n) is 6.02. The van der Waals surface area contributed by atoms with Gasteiger partial charge in [-0.15, -0.1) is 0 Å². The molecule has 0 aliphatic rings. The number of benzene rings is 2. The maximum absolute atomic E-state index is 12.5. The average Bonchev–Trinajstić information content (AvgIpc) is 2.67. The van der Waals surface area contributed by atoms with E-state index in [1.54, 1.807) is 11.0 Å². The Morgan fingerprint density at radius 1 is 0.964 bits per heavy atom. The highest BCUT2D eigenvalue weighted by molar-refractivity contribution is 7.89. The molecular formula is C18H23N3O5S2. The highest BCUT2D eigenvalue weighted by Crippen LogP contribution is 2.14. The molecule has 0 bridgehead atoms. The van der Waals surface area contributed by atoms with E-state index in [1.165, 1.54) is 42.5 Å². The van der Waals surface area contributed by atoms with Gasteiger partial charge < -0.3 is 4.90 Å². The van der Waals surface area contributed by atoms with Crippen LogP contribution in [0, 0.1) is 0 Å². The molecule has 0 saturated heterocycles. The Balaban J connectivity index is 2.14. The van der Waals surface area contributed by atoms with Crippen LogP contribution in [0.25, 0.3) is 0 Å². The van der Waals surface area contributed by atoms with Crippen LogP contribution in [0.4, 0.5) is 0 Å². The molecule has 8 nitrogen and oxygen atoms in total. The number of nitrogens with two attached hydrogens (primary N) is 1. The maximum Gasteiger partial charge on any atom is 0.253 e. The summed E-state index contributed by atoms with van der Waals surface area (Å²) in [4.78, 5) is 13.8. The van der Waals surface area contributed by atoms with Crippen LogP contribution in [0.3, 0.4) is 0 Å². The van der Waals surface area contributed by atoms with Crippen molar-refractivity contribution in [2.24, 2.45) is 5.14 Å². The fourth-order valence-corrected chi connectivity index (χ4v) is 4.17. The zero-order valence-electron chi connectivity index (χ0n) is 15.6. The molecule has 0 aliphatic carbocycles. The van der Waals surface area contributed by atoms with Gasteiger partial charge in [0.15, 0.2) is 0 Å². The smallest absolute Gasteiger partial charge is 0.253 e. The topological polar surface area (TPSA) is 127 Å². The summed E-state index contributed by atoms with van der Waals surface area (Å²) in [6.45, 7) is 4.76. The lowest BCUT2D eigenvalue weighted by atomic mass is 10.2. The first-order valence-electron chi connectivity index (χ1n) is 8.59. The second kappa shape index (κ2) is 8.82. The molecule has 28 heavy (non-hydrogen) atoms. The molecule has 0 aliphatic heterocycles. The molecule has 152 valence electrons. The van der Waals surface area contributed by atoms with Crippen molar-refractivity contribution >= 4 is 26.0 Å². The third-order valence-corrected chi connectivity index (χ3v) is 6.48. The predicted octanol–water partition coefficient (Wildman–Crippen LogP) is 1.29. The molecule has 2 aromatic carbocycles. The lowest BCUT2D eigenvalue weighted by molar-refractivity contribution is 0.0773. The van der Waals surface area contributed by atoms with Crippen LogP contribution in [0.2, 0.25) is 0 Å². The van der Waals surface area contributed by atoms with E-state index in [9.17, 15) is 21.6 Å². The normalized spacial score (nSPS) is 12.0. The summed E-state index contributed by atoms with van der Waals surface area (Å²) in [5.74, 6) is -0.165. The highest BCUT2D eigenvalue weighted by Gasteiger charge is 2.17. The van der Waals surface area contributed by atoms with Crippen molar-refractivity contribution in [1.29, 1.82) is 0 Å². The third kappa shape index (κ3) is 5.38. The Morgan fingerprint density at radius 2 is 1.57 bits per heavy atom. The number of primary sulfonamides is 1. The number of nitrogens with one attached hydrogen (secondary N) is 1. The molecule has 0 atom stereocenters. The van der Waals surface area contributed by atoms with Gasteiger partial charge in [0.1, 0.15) is 0 Å². The minimum absolute atomic E-state index is 0.00574. The summed E-state index contributed by atoms with van der Waals surface area (Å²) < 4.78 is 50.1. The lowest BCUT2D eigenvalue weighted by Crippen LogP contribution is -2.30. The van der Waals surface area contributed by atoms with E-state index in [0.717, 1.165) is 0 Å². The number of nitrogens with zero attached hydrogens (tertiary/aromatic N) is 1. The fourth-order valence-electron chi connectivity index (χ4n) is 2.56. The SMILES string of the molecule is CCN(CC)C(=O)c1ccc(S(=O)(=O)NCc2cccc(S(N)(=O)=O)c2)cc1. The van der Waals surface area contributed by atoms with Crippen LogP contribution < -0.4 is 9.86 Å². The molecule has 0 spiro atoms. The average molecular weight is 426 g/mol. The molecule has 3 N–H and O–H groups in total. The number of hydrogen-bond donors (Lipinski definition) is 2. The van der Waals surface area contributed by atoms with Crippen molar-refractivity contribution in [2.45, 2.75) is 30.2 Å². The van der Waals surface area contributed by atoms with Gasteiger partial charge in [0, 0.05) is 25.2 Å². The molecule has 0 fully saturated rings. The standard InChI is InChI=1S/C18H23N3O5S2/c1-3-21(4-2)18(22)15-8-10-16(11-9-15)28(25,26)20-13-14-6-5-7-17(12-14)27(19,23)24/h5-12,20H,3-4,13H2,1-2H3,(H2,19,23,24). The first kappa shape index (κ1) is 22.0. The number of amides is 1. The summed E-state index contributed by atoms with van der Waals surface area (Å²) in [6, 6.07) is 11.4. The molecule has 0 aromatic heterocycles. The van der Waals surface area contributed by atoms with Gasteiger partial charge in [0.25, 0.3) is 5.91 Å². The summed E-state index contributed by atoms with van der Waals surface area (Å²) in [5.41, 5.74) is 0.854. The second-order valence-corrected chi connectivity index (χ2v) is 9.35. The van der Waals surface area contributed by atoms with E-state index in [-0.39, 0.29) is 22.2 Å². The summed E-state index contributed by atoms with van der Waals surface area (Å²) in [7, 11) is -7.71. The Hall–Kier alpha value is -2.27. The number of sulfonamides is 2. The van der Waals surface area contributed by atoms with E-state index < -0.39 is 20.0 Å². The summed E-state index contributed by atoms with van der Waals surface area (Å²) >= 11 is 0. The van der Waals surface area contributed by atoms with Crippen molar-refractivity contribution in [3.8, 4) is 0 Å². The predicted molar refractivity (Wildman–Crippen MR) is 106 cm³/mol. The first-order valence-corrected chi connectivity index (χ1v) is 11.6. The van der Waals surface area contributed by atoms with Crippen LogP contribution >= 0.6 is 0 Å². The number of carbonyl (C=O) groups excluding carboxylic acids is 1. The van der Waals surface area contributed by atoms with Gasteiger partial charge in [-0.2, -0.15) is 0 Å². The number of hydrogen-bond acceptors (Lipinski definition) is 5. The van der Waals surface area contributed by atoms with Gasteiger partial charge in [-0.25, -0.2) is 26.7 Å². The number of carbonyl (C=O) groups is 1. The fraction of sp³-hybridized carbons (Fsp3) is 0.278. The minimum Gasteiger partial charge on any atom is -0.339 e. The van der Waals surface area contributed by atoms with E-state index in [4.69, 9.17) is 5.14 Å². The highest BCUT2D eigenvalue weighted by atomic mass is 32.2. The van der Waals surface area contributed by atoms with Crippen LogP contribution in [0.1, 0.15) is 29.8 Å². The Bertz CT molecular complexity index is 1040. The van der Waals surface area contributed by atoms with E-state index in [0.29, 0.717) is 24.2 Å². The van der Waals surface area contributed by atoms with Gasteiger partial charge in [0.2, 0.25) is 20.0 Å². The van der Waals surface area contributed by atoms with Crippen molar-refractivity contribution < 1.29 is 21.6 Å². The molecule has 0 unspecified atom stereocenters. The van der Waals surface area contributed by atoms with Crippen molar-refractivity contribution in [3.63, 3.8) is 0 Å². The molecule has 0 saturated carbocycles. The van der Waals surface area contributed by atoms with Gasteiger partial charge in [-0.1, -0.05) is 12.1 Å². The van der Waals surface area contributed by atoms with Crippen molar-refractivity contribution in [1.82, 2.24) is 9.62 Å². The van der Waals surface area contributed by atoms with Gasteiger partial charge in [0.05, 0.1) is 9.79 Å². The minimum atomic E-state index is -3.87. The Kier molecular flexibility index (Phi) is 6.94.